The van der Waals surface area contributed by atoms with Crippen molar-refractivity contribution in [2.24, 2.45) is 0 Å². The van der Waals surface area contributed by atoms with E-state index in [2.05, 4.69) is 24.3 Å². The summed E-state index contributed by atoms with van der Waals surface area (Å²) < 4.78 is 0. The van der Waals surface area contributed by atoms with Crippen LogP contribution in [0.3, 0.4) is 0 Å². The van der Waals surface area contributed by atoms with E-state index in [9.17, 15) is 0 Å². The Hall–Kier alpha value is -1.03. The zero-order valence-electron chi connectivity index (χ0n) is 10.8. The fourth-order valence-electron chi connectivity index (χ4n) is 2.05. The van der Waals surface area contributed by atoms with Crippen molar-refractivity contribution in [3.05, 3.63) is 48.5 Å². The molecule has 0 unspecified atom stereocenters. The molecule has 0 fully saturated rings. The first kappa shape index (κ1) is 15.0. The van der Waals surface area contributed by atoms with Gasteiger partial charge in [0, 0.05) is 43.1 Å². The van der Waals surface area contributed by atoms with Gasteiger partial charge < -0.3 is 11.5 Å². The molecule has 4 N–H and O–H groups in total. The predicted octanol–water partition coefficient (Wildman–Crippen LogP) is 2.40. The zero-order valence-corrected chi connectivity index (χ0v) is 10.8. The molecular weight excluding hydrogens is 210 g/mol. The first-order chi connectivity index (χ1) is 7.75. The molecule has 0 amide bonds. The molecule has 0 aliphatic rings. The largest absolute Gasteiger partial charge is 0.397 e. The third kappa shape index (κ3) is 2.39. The molecule has 4 heteroatoms. The molecule has 3 aromatic rings. The number of hydrogen-bond acceptors (Lipinski definition) is 2. The van der Waals surface area contributed by atoms with Gasteiger partial charge in [0.15, 0.2) is 0 Å². The van der Waals surface area contributed by atoms with Crippen LogP contribution in [-0.2, 0) is 0 Å². The number of nitrogen functional groups attached to an aromatic ring is 2. The van der Waals surface area contributed by atoms with Gasteiger partial charge in [-0.3, -0.25) is 0 Å². The predicted molar refractivity (Wildman–Crippen MR) is 81.8 cm³/mol. The minimum Gasteiger partial charge on any atom is -0.397 e. The van der Waals surface area contributed by atoms with E-state index >= 15 is 0 Å². The number of hydrogen-bond donors (Lipinski definition) is 2. The summed E-state index contributed by atoms with van der Waals surface area (Å²) in [6.07, 6.45) is 0. The fraction of sp³-hybridized carbons (Fsp3) is 0. The van der Waals surface area contributed by atoms with E-state index in [1.807, 2.05) is 24.3 Å². The van der Waals surface area contributed by atoms with Gasteiger partial charge in [-0.15, -0.1) is 0 Å². The van der Waals surface area contributed by atoms with Crippen molar-refractivity contribution in [2.45, 2.75) is 0 Å². The molecule has 0 heterocycles. The fourth-order valence-corrected chi connectivity index (χ4v) is 2.05. The molecule has 0 bridgehead atoms. The molecule has 3 rings (SSSR count). The maximum Gasteiger partial charge on any atom is 0.0627 e. The van der Waals surface area contributed by atoms with E-state index in [0.29, 0.717) is 11.4 Å². The van der Waals surface area contributed by atoms with E-state index < -0.39 is 0 Å². The van der Waals surface area contributed by atoms with E-state index in [1.165, 1.54) is 10.8 Å². The summed E-state index contributed by atoms with van der Waals surface area (Å²) in [6, 6.07) is 16.3. The van der Waals surface area contributed by atoms with Gasteiger partial charge in [0.1, 0.15) is 0 Å². The minimum atomic E-state index is 0. The second-order valence-corrected chi connectivity index (χ2v) is 3.99. The van der Waals surface area contributed by atoms with Gasteiger partial charge in [-0.2, -0.15) is 0 Å². The summed E-state index contributed by atoms with van der Waals surface area (Å²) in [5.74, 6) is 0. The third-order valence-electron chi connectivity index (χ3n) is 2.96. The second-order valence-electron chi connectivity index (χ2n) is 3.99. The molecule has 18 heavy (non-hydrogen) atoms. The molecule has 0 aliphatic heterocycles. The zero-order chi connectivity index (χ0) is 11.1. The Morgan fingerprint density at radius 3 is 1.94 bits per heavy atom. The Kier molecular flexibility index (Phi) is 4.80. The normalized spacial score (nSPS) is 9.78. The van der Waals surface area contributed by atoms with Crippen molar-refractivity contribution in [1.29, 1.82) is 0 Å². The maximum absolute atomic E-state index is 5.98. The van der Waals surface area contributed by atoms with Gasteiger partial charge in [0.05, 0.1) is 11.4 Å². The van der Waals surface area contributed by atoms with Crippen LogP contribution in [0.15, 0.2) is 48.5 Å². The summed E-state index contributed by atoms with van der Waals surface area (Å²) in [7, 11) is 0. The monoisotopic (exact) mass is 222 g/mol. The van der Waals surface area contributed by atoms with Gasteiger partial charge in [-0.25, -0.2) is 0 Å². The van der Waals surface area contributed by atoms with E-state index in [0.717, 1.165) is 10.8 Å². The molecule has 2 nitrogen and oxygen atoms in total. The van der Waals surface area contributed by atoms with Crippen LogP contribution in [-0.4, -0.2) is 37.7 Å². The minimum absolute atomic E-state index is 0. The molecule has 0 aromatic heterocycles. The standard InChI is InChI=1S/C14H12N2.2Li/c15-13-6-5-11-7-9-3-1-2-4-10(9)8-12(11)14(13)16;;/h1-8H,15-16H2;;. The van der Waals surface area contributed by atoms with Crippen LogP contribution in [0.1, 0.15) is 0 Å². The number of benzene rings is 3. The Morgan fingerprint density at radius 2 is 1.28 bits per heavy atom. The summed E-state index contributed by atoms with van der Waals surface area (Å²) in [5, 5.41) is 4.57. The average molecular weight is 222 g/mol. The summed E-state index contributed by atoms with van der Waals surface area (Å²) in [5.41, 5.74) is 13.1. The topological polar surface area (TPSA) is 52.0 Å². The molecular formula is C14H12Li2N2. The Labute approximate surface area is 130 Å². The average Bonchev–Trinajstić information content (AvgIpc) is 2.32. The van der Waals surface area contributed by atoms with Gasteiger partial charge in [-0.1, -0.05) is 30.3 Å². The van der Waals surface area contributed by atoms with Gasteiger partial charge in [0.2, 0.25) is 0 Å². The number of rotatable bonds is 0. The summed E-state index contributed by atoms with van der Waals surface area (Å²) >= 11 is 0. The van der Waals surface area contributed by atoms with E-state index in [-0.39, 0.29) is 37.7 Å². The molecule has 2 radical (unpaired) electrons. The second kappa shape index (κ2) is 5.74. The van der Waals surface area contributed by atoms with Crippen LogP contribution in [0.5, 0.6) is 0 Å². The molecule has 0 saturated heterocycles. The Bertz CT molecular complexity index is 696. The van der Waals surface area contributed by atoms with Gasteiger partial charge in [-0.05, 0) is 34.4 Å². The molecule has 0 spiro atoms. The van der Waals surface area contributed by atoms with Crippen molar-refractivity contribution >= 4 is 70.6 Å². The van der Waals surface area contributed by atoms with Crippen LogP contribution in [0.25, 0.3) is 21.5 Å². The van der Waals surface area contributed by atoms with E-state index in [1.54, 1.807) is 0 Å². The smallest absolute Gasteiger partial charge is 0.0627 e. The molecule has 80 valence electrons. The van der Waals surface area contributed by atoms with Crippen LogP contribution >= 0.6 is 0 Å². The quantitative estimate of drug-likeness (QED) is 0.348. The van der Waals surface area contributed by atoms with Crippen molar-refractivity contribution in [1.82, 2.24) is 0 Å². The molecule has 0 aliphatic carbocycles. The van der Waals surface area contributed by atoms with Crippen molar-refractivity contribution < 1.29 is 0 Å². The maximum atomic E-state index is 5.98. The summed E-state index contributed by atoms with van der Waals surface area (Å²) in [6.45, 7) is 0. The van der Waals surface area contributed by atoms with Crippen molar-refractivity contribution in [3.63, 3.8) is 0 Å². The van der Waals surface area contributed by atoms with E-state index in [4.69, 9.17) is 11.5 Å². The van der Waals surface area contributed by atoms with Crippen molar-refractivity contribution in [2.75, 3.05) is 11.5 Å². The first-order valence-corrected chi connectivity index (χ1v) is 5.22. The Balaban J connectivity index is 0.000000810. The molecule has 0 atom stereocenters. The Morgan fingerprint density at radius 1 is 0.667 bits per heavy atom. The van der Waals surface area contributed by atoms with Crippen LogP contribution in [0, 0.1) is 0 Å². The summed E-state index contributed by atoms with van der Waals surface area (Å²) in [4.78, 5) is 0. The van der Waals surface area contributed by atoms with Crippen molar-refractivity contribution in [3.8, 4) is 0 Å². The van der Waals surface area contributed by atoms with Crippen LogP contribution < -0.4 is 11.5 Å². The number of nitrogens with two attached hydrogens (primary N) is 2. The third-order valence-corrected chi connectivity index (χ3v) is 2.96. The first-order valence-electron chi connectivity index (χ1n) is 5.22. The van der Waals surface area contributed by atoms with Gasteiger partial charge in [0.25, 0.3) is 0 Å². The SMILES string of the molecule is Nc1ccc2cc3ccccc3cc2c1N.[Li].[Li]. The molecule has 0 saturated carbocycles. The number of anilines is 2. The number of fused-ring (bicyclic) bond motifs is 2. The van der Waals surface area contributed by atoms with Crippen LogP contribution in [0.2, 0.25) is 0 Å². The van der Waals surface area contributed by atoms with Crippen LogP contribution in [0.4, 0.5) is 11.4 Å². The van der Waals surface area contributed by atoms with Gasteiger partial charge >= 0.3 is 0 Å². The molecule has 3 aromatic carbocycles.